The van der Waals surface area contributed by atoms with Gasteiger partial charge in [0.15, 0.2) is 0 Å². The van der Waals surface area contributed by atoms with Crippen LogP contribution in [0.4, 0.5) is 0 Å². The normalized spacial score (nSPS) is 15.5. The van der Waals surface area contributed by atoms with Crippen LogP contribution in [0.25, 0.3) is 0 Å². The van der Waals surface area contributed by atoms with Gasteiger partial charge in [-0.25, -0.2) is 0 Å². The van der Waals surface area contributed by atoms with Crippen LogP contribution >= 0.6 is 0 Å². The first-order valence-corrected chi connectivity index (χ1v) is 7.39. The summed E-state index contributed by atoms with van der Waals surface area (Å²) in [5.74, 6) is -0.752. The molecule has 4 heteroatoms. The maximum atomic E-state index is 11.4. The number of carboxylic acid groups (broad SMARTS) is 1. The third kappa shape index (κ3) is 5.91. The number of nitrogens with zero attached hydrogens (tertiary/aromatic N) is 1. The molecule has 0 aromatic heterocycles. The quantitative estimate of drug-likeness (QED) is 0.642. The van der Waals surface area contributed by atoms with Gasteiger partial charge in [-0.2, -0.15) is 0 Å². The van der Waals surface area contributed by atoms with Gasteiger partial charge in [-0.3, -0.25) is 4.79 Å². The van der Waals surface area contributed by atoms with E-state index in [1.807, 2.05) is 6.92 Å². The van der Waals surface area contributed by atoms with Crippen LogP contribution in [0, 0.1) is 0 Å². The zero-order valence-corrected chi connectivity index (χ0v) is 13.5. The molecule has 1 atom stereocenters. The molecule has 0 aliphatic rings. The van der Waals surface area contributed by atoms with E-state index >= 15 is 0 Å². The average Bonchev–Trinajstić information content (AvgIpc) is 2.35. The molecule has 0 spiro atoms. The Hall–Kier alpha value is -0.610. The highest BCUT2D eigenvalue weighted by molar-refractivity contribution is 5.78. The van der Waals surface area contributed by atoms with E-state index in [0.29, 0.717) is 6.42 Å². The summed E-state index contributed by atoms with van der Waals surface area (Å²) in [5, 5.41) is 12.5. The fourth-order valence-corrected chi connectivity index (χ4v) is 1.91. The Morgan fingerprint density at radius 2 is 1.84 bits per heavy atom. The first-order chi connectivity index (χ1) is 8.69. The molecule has 0 aliphatic carbocycles. The molecule has 0 aromatic rings. The molecule has 19 heavy (non-hydrogen) atoms. The predicted molar refractivity (Wildman–Crippen MR) is 80.6 cm³/mol. The Morgan fingerprint density at radius 3 is 2.26 bits per heavy atom. The number of rotatable bonds is 10. The van der Waals surface area contributed by atoms with Crippen molar-refractivity contribution in [3.8, 4) is 0 Å². The number of hydrogen-bond acceptors (Lipinski definition) is 3. The fraction of sp³-hybridized carbons (Fsp3) is 0.933. The van der Waals surface area contributed by atoms with Gasteiger partial charge in [-0.1, -0.05) is 13.8 Å². The Balaban J connectivity index is 4.31. The molecule has 0 saturated heterocycles. The van der Waals surface area contributed by atoms with E-state index in [1.165, 1.54) is 0 Å². The second kappa shape index (κ2) is 7.85. The summed E-state index contributed by atoms with van der Waals surface area (Å²) < 4.78 is 0. The molecule has 0 bridgehead atoms. The minimum absolute atomic E-state index is 0.177. The standard InChI is InChI=1S/C15H32N2O2/c1-7-11-16-15(5,13(18)19)10-9-12-17(6)14(3,4)8-2/h16H,7-12H2,1-6H3,(H,18,19). The van der Waals surface area contributed by atoms with Gasteiger partial charge in [-0.15, -0.1) is 0 Å². The summed E-state index contributed by atoms with van der Waals surface area (Å²) in [6.07, 6.45) is 3.59. The van der Waals surface area contributed by atoms with Crippen molar-refractivity contribution in [1.82, 2.24) is 10.2 Å². The fourth-order valence-electron chi connectivity index (χ4n) is 1.91. The summed E-state index contributed by atoms with van der Waals surface area (Å²) in [6, 6.07) is 0. The molecule has 0 amide bonds. The molecular weight excluding hydrogens is 240 g/mol. The van der Waals surface area contributed by atoms with Crippen LogP contribution in [0.3, 0.4) is 0 Å². The van der Waals surface area contributed by atoms with Crippen molar-refractivity contribution in [2.75, 3.05) is 20.1 Å². The van der Waals surface area contributed by atoms with Gasteiger partial charge in [0.1, 0.15) is 5.54 Å². The first kappa shape index (κ1) is 18.4. The van der Waals surface area contributed by atoms with Crippen LogP contribution in [-0.4, -0.2) is 47.2 Å². The van der Waals surface area contributed by atoms with Crippen molar-refractivity contribution in [1.29, 1.82) is 0 Å². The lowest BCUT2D eigenvalue weighted by Gasteiger charge is -2.35. The van der Waals surface area contributed by atoms with Crippen molar-refractivity contribution >= 4 is 5.97 Å². The monoisotopic (exact) mass is 272 g/mol. The molecule has 4 nitrogen and oxygen atoms in total. The predicted octanol–water partition coefficient (Wildman–Crippen LogP) is 2.73. The molecule has 114 valence electrons. The second-order valence-corrected chi connectivity index (χ2v) is 6.26. The summed E-state index contributed by atoms with van der Waals surface area (Å²) in [5.41, 5.74) is -0.621. The molecular formula is C15H32N2O2. The van der Waals surface area contributed by atoms with Gasteiger partial charge in [0.25, 0.3) is 0 Å². The van der Waals surface area contributed by atoms with Gasteiger partial charge in [0, 0.05) is 5.54 Å². The van der Waals surface area contributed by atoms with Crippen LogP contribution in [0.2, 0.25) is 0 Å². The molecule has 0 radical (unpaired) electrons. The van der Waals surface area contributed by atoms with Crippen molar-refractivity contribution in [2.24, 2.45) is 0 Å². The molecule has 1 unspecified atom stereocenters. The third-order valence-electron chi connectivity index (χ3n) is 4.31. The molecule has 0 fully saturated rings. The third-order valence-corrected chi connectivity index (χ3v) is 4.31. The number of carbonyl (C=O) groups is 1. The molecule has 0 rings (SSSR count). The maximum Gasteiger partial charge on any atom is 0.323 e. The average molecular weight is 272 g/mol. The van der Waals surface area contributed by atoms with Crippen LogP contribution in [0.15, 0.2) is 0 Å². The molecule has 0 saturated carbocycles. The summed E-state index contributed by atoms with van der Waals surface area (Å²) in [6.45, 7) is 12.1. The minimum atomic E-state index is -0.798. The van der Waals surface area contributed by atoms with Gasteiger partial charge in [-0.05, 0) is 66.6 Å². The van der Waals surface area contributed by atoms with Crippen molar-refractivity contribution in [3.63, 3.8) is 0 Å². The zero-order chi connectivity index (χ0) is 15.1. The van der Waals surface area contributed by atoms with Crippen LogP contribution in [0.1, 0.15) is 60.3 Å². The van der Waals surface area contributed by atoms with E-state index in [-0.39, 0.29) is 5.54 Å². The Bertz CT molecular complexity index is 279. The van der Waals surface area contributed by atoms with Gasteiger partial charge >= 0.3 is 5.97 Å². The minimum Gasteiger partial charge on any atom is -0.480 e. The first-order valence-electron chi connectivity index (χ1n) is 7.39. The smallest absolute Gasteiger partial charge is 0.323 e. The molecule has 2 N–H and O–H groups in total. The van der Waals surface area contributed by atoms with Crippen LogP contribution in [0.5, 0.6) is 0 Å². The summed E-state index contributed by atoms with van der Waals surface area (Å²) in [7, 11) is 2.11. The molecule has 0 aliphatic heterocycles. The highest BCUT2D eigenvalue weighted by atomic mass is 16.4. The van der Waals surface area contributed by atoms with Crippen molar-refractivity contribution in [2.45, 2.75) is 71.4 Å². The number of hydrogen-bond donors (Lipinski definition) is 2. The highest BCUT2D eigenvalue weighted by Crippen LogP contribution is 2.19. The van der Waals surface area contributed by atoms with Crippen LogP contribution in [-0.2, 0) is 4.79 Å². The van der Waals surface area contributed by atoms with E-state index in [1.54, 1.807) is 6.92 Å². The largest absolute Gasteiger partial charge is 0.480 e. The maximum absolute atomic E-state index is 11.4. The topological polar surface area (TPSA) is 52.6 Å². The Morgan fingerprint density at radius 1 is 1.26 bits per heavy atom. The lowest BCUT2D eigenvalue weighted by molar-refractivity contribution is -0.144. The Kier molecular flexibility index (Phi) is 7.60. The van der Waals surface area contributed by atoms with Gasteiger partial charge < -0.3 is 15.3 Å². The highest BCUT2D eigenvalue weighted by Gasteiger charge is 2.32. The van der Waals surface area contributed by atoms with E-state index in [0.717, 1.165) is 32.4 Å². The molecule has 0 heterocycles. The lowest BCUT2D eigenvalue weighted by atomic mass is 9.94. The number of carboxylic acids is 1. The van der Waals surface area contributed by atoms with E-state index < -0.39 is 11.5 Å². The van der Waals surface area contributed by atoms with E-state index in [9.17, 15) is 9.90 Å². The zero-order valence-electron chi connectivity index (χ0n) is 13.5. The number of aliphatic carboxylic acids is 1. The van der Waals surface area contributed by atoms with E-state index in [2.05, 4.69) is 38.0 Å². The summed E-state index contributed by atoms with van der Waals surface area (Å²) >= 11 is 0. The van der Waals surface area contributed by atoms with Crippen LogP contribution < -0.4 is 5.32 Å². The number of nitrogens with one attached hydrogen (secondary N) is 1. The second-order valence-electron chi connectivity index (χ2n) is 6.26. The summed E-state index contributed by atoms with van der Waals surface area (Å²) in [4.78, 5) is 13.7. The van der Waals surface area contributed by atoms with E-state index in [4.69, 9.17) is 0 Å². The van der Waals surface area contributed by atoms with Crippen molar-refractivity contribution in [3.05, 3.63) is 0 Å². The van der Waals surface area contributed by atoms with Crippen molar-refractivity contribution < 1.29 is 9.90 Å². The SMILES string of the molecule is CCCNC(C)(CCCN(C)C(C)(C)CC)C(=O)O. The lowest BCUT2D eigenvalue weighted by Crippen LogP contribution is -2.50. The van der Waals surface area contributed by atoms with Gasteiger partial charge in [0.05, 0.1) is 0 Å². The Labute approximate surface area is 118 Å². The van der Waals surface area contributed by atoms with Gasteiger partial charge in [0.2, 0.25) is 0 Å². The molecule has 0 aromatic carbocycles.